The van der Waals surface area contributed by atoms with Crippen LogP contribution in [0.4, 0.5) is 0 Å². The quantitative estimate of drug-likeness (QED) is 0.383. The summed E-state index contributed by atoms with van der Waals surface area (Å²) >= 11 is 0. The molecule has 3 aliphatic rings. The first-order valence-electron chi connectivity index (χ1n) is 2.64. The van der Waals surface area contributed by atoms with Crippen LogP contribution in [0.1, 0.15) is 12.8 Å². The summed E-state index contributed by atoms with van der Waals surface area (Å²) in [7, 11) is 0. The van der Waals surface area contributed by atoms with E-state index < -0.39 is 0 Å². The summed E-state index contributed by atoms with van der Waals surface area (Å²) < 4.78 is 0. The average molecular weight is 78.1 g/mol. The number of allylic oxidation sites excluding steroid dienone is 2. The summed E-state index contributed by atoms with van der Waals surface area (Å²) in [6.07, 6.45) is 5.39. The lowest BCUT2D eigenvalue weighted by Gasteiger charge is -2.08. The summed E-state index contributed by atoms with van der Waals surface area (Å²) in [5.41, 5.74) is 2.72. The lowest BCUT2D eigenvalue weighted by Crippen LogP contribution is -1.94. The van der Waals surface area contributed by atoms with Crippen molar-refractivity contribution in [1.29, 1.82) is 0 Å². The molecule has 0 N–H and O–H groups in total. The van der Waals surface area contributed by atoms with Gasteiger partial charge in [0.2, 0.25) is 0 Å². The highest BCUT2D eigenvalue weighted by atomic mass is 14.8. The average Bonchev–Trinajstić information content (AvgIpc) is 2.22. The van der Waals surface area contributed by atoms with Crippen LogP contribution in [0.25, 0.3) is 0 Å². The molecule has 0 amide bonds. The second-order valence-electron chi connectivity index (χ2n) is 2.78. The molecule has 0 bridgehead atoms. The molecule has 6 heavy (non-hydrogen) atoms. The molecule has 0 nitrogen and oxygen atoms in total. The van der Waals surface area contributed by atoms with Crippen molar-refractivity contribution in [3.05, 3.63) is 11.6 Å². The van der Waals surface area contributed by atoms with Crippen molar-refractivity contribution in [3.8, 4) is 0 Å². The Hall–Kier alpha value is -0.260. The van der Waals surface area contributed by atoms with E-state index in [1.807, 2.05) is 5.57 Å². The normalized spacial score (nSPS) is 66.7. The van der Waals surface area contributed by atoms with Crippen LogP contribution in [0.15, 0.2) is 11.6 Å². The smallest absolute Gasteiger partial charge is 0.00215 e. The molecule has 3 aliphatic carbocycles. The molecule has 0 aliphatic heterocycles. The summed E-state index contributed by atoms with van der Waals surface area (Å²) in [5, 5.41) is 0. The van der Waals surface area contributed by atoms with Gasteiger partial charge in [0.05, 0.1) is 0 Å². The highest BCUT2D eigenvalue weighted by Crippen LogP contribution is 2.86. The molecule has 0 saturated heterocycles. The van der Waals surface area contributed by atoms with Crippen LogP contribution >= 0.6 is 0 Å². The van der Waals surface area contributed by atoms with E-state index in [1.165, 1.54) is 6.42 Å². The molecule has 0 heteroatoms. The van der Waals surface area contributed by atoms with E-state index in [9.17, 15) is 0 Å². The molecule has 0 radical (unpaired) electrons. The predicted octanol–water partition coefficient (Wildman–Crippen LogP) is 1.34. The molecule has 0 heterocycles. The van der Waals surface area contributed by atoms with Crippen molar-refractivity contribution in [3.63, 3.8) is 0 Å². The van der Waals surface area contributed by atoms with Crippen molar-refractivity contribution >= 4 is 0 Å². The van der Waals surface area contributed by atoms with Crippen LogP contribution in [0.2, 0.25) is 0 Å². The summed E-state index contributed by atoms with van der Waals surface area (Å²) in [5.74, 6) is 1.14. The highest BCUT2D eigenvalue weighted by molar-refractivity contribution is 5.58. The minimum Gasteiger partial charge on any atom is -0.0835 e. The lowest BCUT2D eigenvalue weighted by molar-refractivity contribution is 0.681. The summed E-state index contributed by atoms with van der Waals surface area (Å²) in [6.45, 7) is 0. The van der Waals surface area contributed by atoms with Gasteiger partial charge in [0.25, 0.3) is 0 Å². The highest BCUT2D eigenvalue weighted by Gasteiger charge is 2.77. The van der Waals surface area contributed by atoms with Crippen LogP contribution in [-0.4, -0.2) is 0 Å². The van der Waals surface area contributed by atoms with E-state index in [-0.39, 0.29) is 0 Å². The Balaban J connectivity index is 2.46. The van der Waals surface area contributed by atoms with Crippen LogP contribution in [-0.2, 0) is 0 Å². The maximum absolute atomic E-state index is 2.40. The van der Waals surface area contributed by atoms with Gasteiger partial charge in [-0.25, -0.2) is 0 Å². The van der Waals surface area contributed by atoms with Gasteiger partial charge < -0.3 is 0 Å². The fraction of sp³-hybridized carbons (Fsp3) is 0.667. The van der Waals surface area contributed by atoms with Gasteiger partial charge >= 0.3 is 0 Å². The van der Waals surface area contributed by atoms with Gasteiger partial charge in [-0.2, -0.15) is 0 Å². The fourth-order valence-corrected chi connectivity index (χ4v) is 1.78. The number of hydrogen-bond donors (Lipinski definition) is 0. The molecule has 1 spiro atoms. The Bertz CT molecular complexity index is 155. The molecule has 0 aromatic rings. The molecule has 2 atom stereocenters. The maximum atomic E-state index is 2.40. The maximum Gasteiger partial charge on any atom is 0.00215 e. The minimum atomic E-state index is 0.917. The zero-order chi connectivity index (χ0) is 3.78. The Kier molecular flexibility index (Phi) is 0.109. The second-order valence-corrected chi connectivity index (χ2v) is 2.78. The van der Waals surface area contributed by atoms with Gasteiger partial charge in [0, 0.05) is 5.41 Å². The van der Waals surface area contributed by atoms with E-state index in [0.29, 0.717) is 0 Å². The fourth-order valence-electron chi connectivity index (χ4n) is 1.78. The monoisotopic (exact) mass is 78.0 g/mol. The Morgan fingerprint density at radius 3 is 2.67 bits per heavy atom. The van der Waals surface area contributed by atoms with Crippen molar-refractivity contribution in [2.45, 2.75) is 12.8 Å². The molecular weight excluding hydrogens is 72.1 g/mol. The standard InChI is InChI=1S/C6H6/c1-2-6-3-5(6)4(1)6/h1,5H,2-3H2. The number of fused-ring (bicyclic) bond motifs is 1. The molecule has 2 fully saturated rings. The van der Waals surface area contributed by atoms with E-state index in [1.54, 1.807) is 6.42 Å². The largest absolute Gasteiger partial charge is 0.0835 e. The van der Waals surface area contributed by atoms with Gasteiger partial charge in [-0.15, -0.1) is 0 Å². The van der Waals surface area contributed by atoms with Gasteiger partial charge in [0.1, 0.15) is 0 Å². The van der Waals surface area contributed by atoms with Gasteiger partial charge in [-0.1, -0.05) is 11.6 Å². The lowest BCUT2D eigenvalue weighted by atomic mass is 9.97. The van der Waals surface area contributed by atoms with E-state index in [4.69, 9.17) is 0 Å². The minimum absolute atomic E-state index is 0.917. The van der Waals surface area contributed by atoms with E-state index in [0.717, 1.165) is 11.3 Å². The van der Waals surface area contributed by atoms with Crippen LogP contribution in [0.3, 0.4) is 0 Å². The van der Waals surface area contributed by atoms with Crippen LogP contribution in [0.5, 0.6) is 0 Å². The van der Waals surface area contributed by atoms with Gasteiger partial charge in [0.15, 0.2) is 0 Å². The SMILES string of the molecule is C1=C2C3CC23C1. The van der Waals surface area contributed by atoms with E-state index >= 15 is 0 Å². The van der Waals surface area contributed by atoms with Crippen molar-refractivity contribution < 1.29 is 0 Å². The molecule has 3 rings (SSSR count). The first-order chi connectivity index (χ1) is 2.93. The Labute approximate surface area is 36.9 Å². The first kappa shape index (κ1) is 2.15. The Morgan fingerprint density at radius 1 is 1.83 bits per heavy atom. The Morgan fingerprint density at radius 2 is 2.67 bits per heavy atom. The molecular formula is C6H6. The van der Waals surface area contributed by atoms with E-state index in [2.05, 4.69) is 6.08 Å². The van der Waals surface area contributed by atoms with Crippen LogP contribution < -0.4 is 0 Å². The van der Waals surface area contributed by atoms with Crippen molar-refractivity contribution in [1.82, 2.24) is 0 Å². The molecule has 0 aromatic heterocycles. The molecule has 30 valence electrons. The zero-order valence-electron chi connectivity index (χ0n) is 3.57. The topological polar surface area (TPSA) is 0 Å². The predicted molar refractivity (Wildman–Crippen MR) is 23.2 cm³/mol. The second kappa shape index (κ2) is 0.305. The number of hydrogen-bond acceptors (Lipinski definition) is 0. The summed E-state index contributed by atoms with van der Waals surface area (Å²) in [6, 6.07) is 0. The van der Waals surface area contributed by atoms with Crippen LogP contribution in [0, 0.1) is 11.3 Å². The molecule has 2 unspecified atom stereocenters. The third kappa shape index (κ3) is 0.0543. The third-order valence-electron chi connectivity index (χ3n) is 2.63. The molecule has 2 saturated carbocycles. The van der Waals surface area contributed by atoms with Gasteiger partial charge in [-0.3, -0.25) is 0 Å². The molecule has 0 aromatic carbocycles. The van der Waals surface area contributed by atoms with Crippen molar-refractivity contribution in [2.24, 2.45) is 11.3 Å². The van der Waals surface area contributed by atoms with Crippen molar-refractivity contribution in [2.75, 3.05) is 0 Å². The third-order valence-corrected chi connectivity index (χ3v) is 2.63. The first-order valence-corrected chi connectivity index (χ1v) is 2.64. The zero-order valence-corrected chi connectivity index (χ0v) is 3.57. The summed E-state index contributed by atoms with van der Waals surface area (Å²) in [4.78, 5) is 0. The number of rotatable bonds is 0. The van der Waals surface area contributed by atoms with Gasteiger partial charge in [-0.05, 0) is 18.8 Å².